The molecule has 0 heterocycles. The minimum Gasteiger partial charge on any atom is -0.456 e. The Balaban J connectivity index is 2.33. The lowest BCUT2D eigenvalue weighted by molar-refractivity contribution is 0.470. The highest BCUT2D eigenvalue weighted by Gasteiger charge is 2.08. The average molecular weight is 323 g/mol. The molecule has 0 saturated carbocycles. The predicted octanol–water partition coefficient (Wildman–Crippen LogP) is 3.97. The van der Waals surface area contributed by atoms with Gasteiger partial charge in [-0.15, -0.1) is 0 Å². The van der Waals surface area contributed by atoms with E-state index in [0.717, 1.165) is 5.56 Å². The van der Waals surface area contributed by atoms with E-state index in [2.05, 4.69) is 15.9 Å². The molecule has 3 nitrogen and oxygen atoms in total. The standard InChI is InChI=1S/C14H12BrFN2O/c1-8-2-4-10(16)7-13(8)19-12-5-3-9(14(17)18)6-11(12)15/h2-7H,1H3,(H3,17,18). The first-order chi connectivity index (χ1) is 8.97. The summed E-state index contributed by atoms with van der Waals surface area (Å²) in [5.41, 5.74) is 6.83. The number of amidine groups is 1. The van der Waals surface area contributed by atoms with Crippen LogP contribution in [0.25, 0.3) is 0 Å². The summed E-state index contributed by atoms with van der Waals surface area (Å²) >= 11 is 3.35. The second-order valence-electron chi connectivity index (χ2n) is 4.07. The Hall–Kier alpha value is -1.88. The van der Waals surface area contributed by atoms with Gasteiger partial charge in [0.15, 0.2) is 0 Å². The third-order valence-corrected chi connectivity index (χ3v) is 3.23. The van der Waals surface area contributed by atoms with Gasteiger partial charge in [0.2, 0.25) is 0 Å². The molecule has 0 aliphatic heterocycles. The van der Waals surface area contributed by atoms with Crippen molar-refractivity contribution in [2.75, 3.05) is 0 Å². The van der Waals surface area contributed by atoms with Crippen LogP contribution in [-0.4, -0.2) is 5.84 Å². The van der Waals surface area contributed by atoms with Gasteiger partial charge in [-0.2, -0.15) is 0 Å². The fourth-order valence-electron chi connectivity index (χ4n) is 1.55. The lowest BCUT2D eigenvalue weighted by Gasteiger charge is -2.11. The molecule has 0 saturated heterocycles. The van der Waals surface area contributed by atoms with Crippen molar-refractivity contribution in [3.8, 4) is 11.5 Å². The Morgan fingerprint density at radius 1 is 1.21 bits per heavy atom. The zero-order chi connectivity index (χ0) is 14.0. The molecule has 0 radical (unpaired) electrons. The summed E-state index contributed by atoms with van der Waals surface area (Å²) in [7, 11) is 0. The van der Waals surface area contributed by atoms with Gasteiger partial charge in [-0.3, -0.25) is 5.41 Å². The number of nitrogens with one attached hydrogen (secondary N) is 1. The number of benzene rings is 2. The van der Waals surface area contributed by atoms with Gasteiger partial charge >= 0.3 is 0 Å². The summed E-state index contributed by atoms with van der Waals surface area (Å²) in [6.45, 7) is 1.84. The zero-order valence-electron chi connectivity index (χ0n) is 10.2. The second kappa shape index (κ2) is 5.40. The number of nitrogens with two attached hydrogens (primary N) is 1. The van der Waals surface area contributed by atoms with Gasteiger partial charge in [-0.25, -0.2) is 4.39 Å². The third kappa shape index (κ3) is 3.12. The average Bonchev–Trinajstić information content (AvgIpc) is 2.36. The van der Waals surface area contributed by atoms with Crippen LogP contribution in [-0.2, 0) is 0 Å². The van der Waals surface area contributed by atoms with Gasteiger partial charge in [0, 0.05) is 11.6 Å². The number of hydrogen-bond donors (Lipinski definition) is 2. The normalized spacial score (nSPS) is 10.3. The van der Waals surface area contributed by atoms with E-state index in [1.165, 1.54) is 12.1 Å². The molecule has 2 rings (SSSR count). The van der Waals surface area contributed by atoms with Crippen LogP contribution < -0.4 is 10.5 Å². The molecule has 0 aliphatic rings. The first kappa shape index (κ1) is 13.5. The van der Waals surface area contributed by atoms with E-state index in [4.69, 9.17) is 15.9 Å². The topological polar surface area (TPSA) is 59.1 Å². The number of aryl methyl sites for hydroxylation is 1. The molecule has 19 heavy (non-hydrogen) atoms. The van der Waals surface area contributed by atoms with Crippen molar-refractivity contribution in [3.63, 3.8) is 0 Å². The van der Waals surface area contributed by atoms with Crippen molar-refractivity contribution in [1.82, 2.24) is 0 Å². The van der Waals surface area contributed by atoms with E-state index >= 15 is 0 Å². The van der Waals surface area contributed by atoms with Crippen molar-refractivity contribution in [3.05, 3.63) is 57.8 Å². The van der Waals surface area contributed by atoms with Crippen LogP contribution in [0.15, 0.2) is 40.9 Å². The van der Waals surface area contributed by atoms with Crippen LogP contribution in [0.5, 0.6) is 11.5 Å². The molecule has 0 amide bonds. The van der Waals surface area contributed by atoms with Crippen LogP contribution >= 0.6 is 15.9 Å². The summed E-state index contributed by atoms with van der Waals surface area (Å²) in [6.07, 6.45) is 0. The third-order valence-electron chi connectivity index (χ3n) is 2.61. The van der Waals surface area contributed by atoms with E-state index in [1.54, 1.807) is 24.3 Å². The predicted molar refractivity (Wildman–Crippen MR) is 76.4 cm³/mol. The van der Waals surface area contributed by atoms with Crippen molar-refractivity contribution >= 4 is 21.8 Å². The van der Waals surface area contributed by atoms with E-state index < -0.39 is 0 Å². The van der Waals surface area contributed by atoms with E-state index in [1.807, 2.05) is 6.92 Å². The molecule has 0 atom stereocenters. The highest BCUT2D eigenvalue weighted by Crippen LogP contribution is 2.32. The number of ether oxygens (including phenoxy) is 1. The Labute approximate surface area is 118 Å². The van der Waals surface area contributed by atoms with E-state index in [-0.39, 0.29) is 11.7 Å². The van der Waals surface area contributed by atoms with Crippen molar-refractivity contribution in [1.29, 1.82) is 5.41 Å². The number of nitrogen functional groups attached to an aromatic ring is 1. The molecule has 0 spiro atoms. The molecule has 5 heteroatoms. The second-order valence-corrected chi connectivity index (χ2v) is 4.93. The summed E-state index contributed by atoms with van der Waals surface area (Å²) in [5.74, 6) is 0.626. The Morgan fingerprint density at radius 2 is 1.95 bits per heavy atom. The van der Waals surface area contributed by atoms with Crippen LogP contribution in [0.1, 0.15) is 11.1 Å². The lowest BCUT2D eigenvalue weighted by Crippen LogP contribution is -2.10. The largest absolute Gasteiger partial charge is 0.456 e. The summed E-state index contributed by atoms with van der Waals surface area (Å²) in [5, 5.41) is 7.35. The SMILES string of the molecule is Cc1ccc(F)cc1Oc1ccc(C(=N)N)cc1Br. The molecular weight excluding hydrogens is 311 g/mol. The Kier molecular flexibility index (Phi) is 3.85. The first-order valence-electron chi connectivity index (χ1n) is 5.55. The van der Waals surface area contributed by atoms with Crippen molar-refractivity contribution in [2.45, 2.75) is 6.92 Å². The van der Waals surface area contributed by atoms with Crippen molar-refractivity contribution in [2.24, 2.45) is 5.73 Å². The van der Waals surface area contributed by atoms with Gasteiger partial charge in [-0.05, 0) is 52.7 Å². The molecule has 2 aromatic rings. The maximum absolute atomic E-state index is 13.2. The molecule has 0 unspecified atom stereocenters. The van der Waals surface area contributed by atoms with Gasteiger partial charge < -0.3 is 10.5 Å². The quantitative estimate of drug-likeness (QED) is 0.663. The molecule has 2 aromatic carbocycles. The van der Waals surface area contributed by atoms with E-state index in [0.29, 0.717) is 21.5 Å². The summed E-state index contributed by atoms with van der Waals surface area (Å²) in [6, 6.07) is 9.42. The van der Waals surface area contributed by atoms with Crippen LogP contribution in [0.3, 0.4) is 0 Å². The number of hydrogen-bond acceptors (Lipinski definition) is 2. The molecule has 0 bridgehead atoms. The Bertz CT molecular complexity index is 643. The number of halogens is 2. The maximum atomic E-state index is 13.2. The molecule has 98 valence electrons. The Morgan fingerprint density at radius 3 is 2.58 bits per heavy atom. The lowest BCUT2D eigenvalue weighted by atomic mass is 10.2. The van der Waals surface area contributed by atoms with Gasteiger partial charge in [-0.1, -0.05) is 6.07 Å². The fraction of sp³-hybridized carbons (Fsp3) is 0.0714. The molecule has 0 fully saturated rings. The van der Waals surface area contributed by atoms with Gasteiger partial charge in [0.1, 0.15) is 23.2 Å². The smallest absolute Gasteiger partial charge is 0.141 e. The van der Waals surface area contributed by atoms with Crippen LogP contribution in [0.2, 0.25) is 0 Å². The molecule has 0 aliphatic carbocycles. The highest BCUT2D eigenvalue weighted by atomic mass is 79.9. The highest BCUT2D eigenvalue weighted by molar-refractivity contribution is 9.10. The van der Waals surface area contributed by atoms with Crippen LogP contribution in [0, 0.1) is 18.2 Å². The van der Waals surface area contributed by atoms with Gasteiger partial charge in [0.25, 0.3) is 0 Å². The summed E-state index contributed by atoms with van der Waals surface area (Å²) < 4.78 is 19.5. The molecule has 3 N–H and O–H groups in total. The molecular formula is C14H12BrFN2O. The molecule has 0 aromatic heterocycles. The van der Waals surface area contributed by atoms with Crippen LogP contribution in [0.4, 0.5) is 4.39 Å². The number of rotatable bonds is 3. The zero-order valence-corrected chi connectivity index (χ0v) is 11.8. The maximum Gasteiger partial charge on any atom is 0.141 e. The van der Waals surface area contributed by atoms with Crippen molar-refractivity contribution < 1.29 is 9.13 Å². The monoisotopic (exact) mass is 322 g/mol. The van der Waals surface area contributed by atoms with Gasteiger partial charge in [0.05, 0.1) is 4.47 Å². The minimum atomic E-state index is -0.350. The summed E-state index contributed by atoms with van der Waals surface area (Å²) in [4.78, 5) is 0. The minimum absolute atomic E-state index is 0.0193. The fourth-order valence-corrected chi connectivity index (χ4v) is 2.01. The first-order valence-corrected chi connectivity index (χ1v) is 6.34. The van der Waals surface area contributed by atoms with E-state index in [9.17, 15) is 4.39 Å².